The SMILES string of the molecule is CNC(Cc1cc(Cl)ccc1Cl)C1CN(C)CCO1. The molecule has 2 unspecified atom stereocenters. The van der Waals surface area contributed by atoms with Gasteiger partial charge in [-0.2, -0.15) is 0 Å². The third-order valence-electron chi connectivity index (χ3n) is 3.56. The molecule has 0 saturated carbocycles. The Hall–Kier alpha value is -0.320. The highest BCUT2D eigenvalue weighted by atomic mass is 35.5. The molecule has 0 bridgehead atoms. The van der Waals surface area contributed by atoms with E-state index in [2.05, 4.69) is 17.3 Å². The van der Waals surface area contributed by atoms with Crippen molar-refractivity contribution >= 4 is 23.2 Å². The molecule has 1 aliphatic heterocycles. The minimum Gasteiger partial charge on any atom is -0.374 e. The summed E-state index contributed by atoms with van der Waals surface area (Å²) in [6.45, 7) is 2.71. The summed E-state index contributed by atoms with van der Waals surface area (Å²) >= 11 is 12.3. The monoisotopic (exact) mass is 302 g/mol. The Morgan fingerprint density at radius 3 is 2.95 bits per heavy atom. The molecule has 0 radical (unpaired) electrons. The second-order valence-corrected chi connectivity index (χ2v) is 5.85. The standard InChI is InChI=1S/C14H20Cl2N2O/c1-17-13(14-9-18(2)5-6-19-14)8-10-7-11(15)3-4-12(10)16/h3-4,7,13-14,17H,5-6,8-9H2,1-2H3. The van der Waals surface area contributed by atoms with Gasteiger partial charge in [-0.15, -0.1) is 0 Å². The predicted molar refractivity (Wildman–Crippen MR) is 80.3 cm³/mol. The first-order chi connectivity index (χ1) is 9.10. The van der Waals surface area contributed by atoms with Crippen molar-refractivity contribution in [2.45, 2.75) is 18.6 Å². The van der Waals surface area contributed by atoms with Crippen LogP contribution < -0.4 is 5.32 Å². The van der Waals surface area contributed by atoms with Crippen molar-refractivity contribution in [3.05, 3.63) is 33.8 Å². The van der Waals surface area contributed by atoms with Crippen LogP contribution in [0.25, 0.3) is 0 Å². The summed E-state index contributed by atoms with van der Waals surface area (Å²) < 4.78 is 5.86. The molecule has 1 N–H and O–H groups in total. The molecule has 1 heterocycles. The van der Waals surface area contributed by atoms with Crippen LogP contribution >= 0.6 is 23.2 Å². The Morgan fingerprint density at radius 2 is 2.26 bits per heavy atom. The molecule has 3 nitrogen and oxygen atoms in total. The number of nitrogens with one attached hydrogen (secondary N) is 1. The van der Waals surface area contributed by atoms with Crippen LogP contribution in [0.1, 0.15) is 5.56 Å². The number of benzene rings is 1. The quantitative estimate of drug-likeness (QED) is 0.925. The summed E-state index contributed by atoms with van der Waals surface area (Å²) in [5.41, 5.74) is 1.06. The van der Waals surface area contributed by atoms with Gasteiger partial charge in [0.15, 0.2) is 0 Å². The van der Waals surface area contributed by atoms with E-state index in [4.69, 9.17) is 27.9 Å². The lowest BCUT2D eigenvalue weighted by atomic mass is 10.00. The highest BCUT2D eigenvalue weighted by Gasteiger charge is 2.26. The van der Waals surface area contributed by atoms with E-state index in [9.17, 15) is 0 Å². The number of nitrogens with zero attached hydrogens (tertiary/aromatic N) is 1. The van der Waals surface area contributed by atoms with Crippen molar-refractivity contribution < 1.29 is 4.74 Å². The maximum Gasteiger partial charge on any atom is 0.0858 e. The molecule has 2 atom stereocenters. The topological polar surface area (TPSA) is 24.5 Å². The Balaban J connectivity index is 2.07. The van der Waals surface area contributed by atoms with Crippen LogP contribution in [0, 0.1) is 0 Å². The third kappa shape index (κ3) is 4.07. The van der Waals surface area contributed by atoms with Crippen LogP contribution in [-0.4, -0.2) is 50.8 Å². The first-order valence-corrected chi connectivity index (χ1v) is 7.27. The fourth-order valence-corrected chi connectivity index (χ4v) is 2.80. The Bertz CT molecular complexity index is 428. The average Bonchev–Trinajstić information content (AvgIpc) is 2.39. The molecule has 1 saturated heterocycles. The van der Waals surface area contributed by atoms with Crippen LogP contribution in [0.4, 0.5) is 0 Å². The van der Waals surface area contributed by atoms with Gasteiger partial charge in [0.2, 0.25) is 0 Å². The number of halogens is 2. The van der Waals surface area contributed by atoms with E-state index in [0.717, 1.165) is 41.7 Å². The minimum absolute atomic E-state index is 0.179. The van der Waals surface area contributed by atoms with Crippen molar-refractivity contribution in [1.29, 1.82) is 0 Å². The van der Waals surface area contributed by atoms with Gasteiger partial charge in [0.1, 0.15) is 0 Å². The van der Waals surface area contributed by atoms with E-state index < -0.39 is 0 Å². The molecular weight excluding hydrogens is 283 g/mol. The van der Waals surface area contributed by atoms with E-state index >= 15 is 0 Å². The Kier molecular flexibility index (Phi) is 5.48. The van der Waals surface area contributed by atoms with Crippen LogP contribution in [0.5, 0.6) is 0 Å². The van der Waals surface area contributed by atoms with E-state index in [0.29, 0.717) is 0 Å². The summed E-state index contributed by atoms with van der Waals surface area (Å²) in [5.74, 6) is 0. The molecule has 0 spiro atoms. The van der Waals surface area contributed by atoms with E-state index in [1.807, 2.05) is 25.2 Å². The van der Waals surface area contributed by atoms with Crippen LogP contribution in [0.3, 0.4) is 0 Å². The van der Waals surface area contributed by atoms with Gasteiger partial charge < -0.3 is 15.0 Å². The molecule has 0 aliphatic carbocycles. The lowest BCUT2D eigenvalue weighted by Crippen LogP contribution is -2.51. The maximum atomic E-state index is 6.23. The zero-order valence-corrected chi connectivity index (χ0v) is 12.8. The van der Waals surface area contributed by atoms with E-state index in [1.54, 1.807) is 0 Å². The highest BCUT2D eigenvalue weighted by molar-refractivity contribution is 6.33. The molecule has 1 fully saturated rings. The highest BCUT2D eigenvalue weighted by Crippen LogP contribution is 2.23. The van der Waals surface area contributed by atoms with Crippen molar-refractivity contribution in [2.75, 3.05) is 33.8 Å². The van der Waals surface area contributed by atoms with Crippen molar-refractivity contribution in [3.63, 3.8) is 0 Å². The number of ether oxygens (including phenoxy) is 1. The Morgan fingerprint density at radius 1 is 1.47 bits per heavy atom. The van der Waals surface area contributed by atoms with Crippen LogP contribution in [0.2, 0.25) is 10.0 Å². The molecule has 0 amide bonds. The molecule has 1 aliphatic rings. The Labute approximate surface area is 124 Å². The van der Waals surface area contributed by atoms with Gasteiger partial charge in [0, 0.05) is 29.2 Å². The van der Waals surface area contributed by atoms with E-state index in [1.165, 1.54) is 0 Å². The van der Waals surface area contributed by atoms with Gasteiger partial charge in [-0.3, -0.25) is 0 Å². The van der Waals surface area contributed by atoms with Gasteiger partial charge in [-0.1, -0.05) is 23.2 Å². The summed E-state index contributed by atoms with van der Waals surface area (Å²) in [7, 11) is 4.08. The van der Waals surface area contributed by atoms with Gasteiger partial charge >= 0.3 is 0 Å². The largest absolute Gasteiger partial charge is 0.374 e. The molecule has 5 heteroatoms. The number of rotatable bonds is 4. The maximum absolute atomic E-state index is 6.23. The second kappa shape index (κ2) is 6.91. The molecule has 1 aromatic rings. The number of likely N-dealkylation sites (N-methyl/N-ethyl adjacent to an activating group) is 2. The van der Waals surface area contributed by atoms with Gasteiger partial charge in [0.05, 0.1) is 12.7 Å². The van der Waals surface area contributed by atoms with Crippen molar-refractivity contribution in [1.82, 2.24) is 10.2 Å². The fraction of sp³-hybridized carbons (Fsp3) is 0.571. The van der Waals surface area contributed by atoms with Crippen molar-refractivity contribution in [3.8, 4) is 0 Å². The summed E-state index contributed by atoms with van der Waals surface area (Å²) in [5, 5.41) is 4.81. The van der Waals surface area contributed by atoms with Gasteiger partial charge in [-0.05, 0) is 44.3 Å². The smallest absolute Gasteiger partial charge is 0.0858 e. The lowest BCUT2D eigenvalue weighted by molar-refractivity contribution is -0.0372. The third-order valence-corrected chi connectivity index (χ3v) is 4.17. The zero-order chi connectivity index (χ0) is 13.8. The van der Waals surface area contributed by atoms with Crippen LogP contribution in [0.15, 0.2) is 18.2 Å². The molecule has 19 heavy (non-hydrogen) atoms. The van der Waals surface area contributed by atoms with E-state index in [-0.39, 0.29) is 12.1 Å². The molecule has 1 aromatic carbocycles. The lowest BCUT2D eigenvalue weighted by Gasteiger charge is -2.35. The molecule has 106 valence electrons. The number of morpholine rings is 1. The minimum atomic E-state index is 0.179. The molecule has 2 rings (SSSR count). The number of hydrogen-bond donors (Lipinski definition) is 1. The summed E-state index contributed by atoms with van der Waals surface area (Å²) in [6.07, 6.45) is 0.993. The second-order valence-electron chi connectivity index (χ2n) is 5.01. The molecular formula is C14H20Cl2N2O. The zero-order valence-electron chi connectivity index (χ0n) is 11.3. The summed E-state index contributed by atoms with van der Waals surface area (Å²) in [6, 6.07) is 5.83. The first-order valence-electron chi connectivity index (χ1n) is 6.51. The fourth-order valence-electron chi connectivity index (χ4n) is 2.41. The first kappa shape index (κ1) is 15.1. The molecule has 0 aromatic heterocycles. The van der Waals surface area contributed by atoms with Crippen LogP contribution in [-0.2, 0) is 11.2 Å². The number of hydrogen-bond acceptors (Lipinski definition) is 3. The normalized spacial score (nSPS) is 22.4. The van der Waals surface area contributed by atoms with Crippen molar-refractivity contribution in [2.24, 2.45) is 0 Å². The average molecular weight is 303 g/mol. The summed E-state index contributed by atoms with van der Waals surface area (Å²) in [4.78, 5) is 2.29. The van der Waals surface area contributed by atoms with Gasteiger partial charge in [0.25, 0.3) is 0 Å². The predicted octanol–water partition coefficient (Wildman–Crippen LogP) is 2.45. The van der Waals surface area contributed by atoms with Gasteiger partial charge in [-0.25, -0.2) is 0 Å².